The van der Waals surface area contributed by atoms with Crippen molar-refractivity contribution in [3.8, 4) is 0 Å². The maximum absolute atomic E-state index is 10.5. The Kier molecular flexibility index (Phi) is 3.47. The number of benzene rings is 1. The van der Waals surface area contributed by atoms with Gasteiger partial charge in [-0.15, -0.1) is 0 Å². The van der Waals surface area contributed by atoms with Gasteiger partial charge in [-0.2, -0.15) is 5.10 Å². The zero-order chi connectivity index (χ0) is 15.0. The summed E-state index contributed by atoms with van der Waals surface area (Å²) in [5.41, 5.74) is 4.97. The van der Waals surface area contributed by atoms with Gasteiger partial charge in [-0.25, -0.2) is 0 Å². The fourth-order valence-corrected chi connectivity index (χ4v) is 2.69. The van der Waals surface area contributed by atoms with Crippen LogP contribution in [0.1, 0.15) is 28.6 Å². The molecule has 2 heterocycles. The van der Waals surface area contributed by atoms with Gasteiger partial charge in [-0.3, -0.25) is 9.67 Å². The summed E-state index contributed by atoms with van der Waals surface area (Å²) < 4.78 is 1.86. The summed E-state index contributed by atoms with van der Waals surface area (Å²) in [4.78, 5) is 4.41. The molecule has 0 radical (unpaired) electrons. The van der Waals surface area contributed by atoms with Crippen LogP contribution in [0.2, 0.25) is 0 Å². The van der Waals surface area contributed by atoms with Crippen molar-refractivity contribution < 1.29 is 5.11 Å². The van der Waals surface area contributed by atoms with Gasteiger partial charge in [0.25, 0.3) is 0 Å². The Balaban J connectivity index is 1.91. The van der Waals surface area contributed by atoms with Crippen LogP contribution >= 0.6 is 0 Å². The van der Waals surface area contributed by atoms with E-state index in [9.17, 15) is 5.11 Å². The molecule has 0 amide bonds. The molecule has 4 heteroatoms. The zero-order valence-electron chi connectivity index (χ0n) is 12.5. The van der Waals surface area contributed by atoms with E-state index in [1.807, 2.05) is 55.9 Å². The van der Waals surface area contributed by atoms with Crippen LogP contribution in [-0.4, -0.2) is 19.9 Å². The van der Waals surface area contributed by atoms with Crippen molar-refractivity contribution in [2.75, 3.05) is 0 Å². The summed E-state index contributed by atoms with van der Waals surface area (Å²) in [6.45, 7) is 4.01. The lowest BCUT2D eigenvalue weighted by Crippen LogP contribution is -2.04. The average Bonchev–Trinajstić information content (AvgIpc) is 2.73. The molecule has 3 rings (SSSR count). The lowest BCUT2D eigenvalue weighted by atomic mass is 10.0. The Hall–Kier alpha value is -2.20. The number of fused-ring (bicyclic) bond motifs is 1. The van der Waals surface area contributed by atoms with Crippen LogP contribution in [0, 0.1) is 13.8 Å². The van der Waals surface area contributed by atoms with E-state index in [0.29, 0.717) is 6.42 Å². The maximum Gasteiger partial charge on any atom is 0.0846 e. The summed E-state index contributed by atoms with van der Waals surface area (Å²) in [5, 5.41) is 16.0. The number of aliphatic hydroxyl groups excluding tert-OH is 1. The number of aryl methyl sites for hydroxylation is 2. The molecule has 0 bridgehead atoms. The molecule has 2 aromatic heterocycles. The highest BCUT2D eigenvalue weighted by Crippen LogP contribution is 2.24. The summed E-state index contributed by atoms with van der Waals surface area (Å²) in [5.74, 6) is 0. The van der Waals surface area contributed by atoms with Crippen molar-refractivity contribution in [3.63, 3.8) is 0 Å². The van der Waals surface area contributed by atoms with Crippen LogP contribution in [-0.2, 0) is 13.5 Å². The van der Waals surface area contributed by atoms with Crippen molar-refractivity contribution in [1.82, 2.24) is 14.8 Å². The third-order valence-electron chi connectivity index (χ3n) is 4.05. The predicted molar refractivity (Wildman–Crippen MR) is 83.1 cm³/mol. The molecule has 1 unspecified atom stereocenters. The number of aromatic nitrogens is 3. The minimum absolute atomic E-state index is 0.561. The number of aliphatic hydroxyl groups is 1. The molecule has 0 aliphatic heterocycles. The largest absolute Gasteiger partial charge is 0.388 e. The van der Waals surface area contributed by atoms with Crippen LogP contribution in [0.25, 0.3) is 10.9 Å². The molecule has 4 nitrogen and oxygen atoms in total. The first-order valence-corrected chi connectivity index (χ1v) is 7.08. The molecule has 3 aromatic rings. The second kappa shape index (κ2) is 5.30. The molecule has 1 atom stereocenters. The fraction of sp³-hybridized carbons (Fsp3) is 0.294. The molecular formula is C17H19N3O. The van der Waals surface area contributed by atoms with E-state index < -0.39 is 6.10 Å². The van der Waals surface area contributed by atoms with Crippen LogP contribution in [0.4, 0.5) is 0 Å². The molecule has 108 valence electrons. The maximum atomic E-state index is 10.5. The van der Waals surface area contributed by atoms with E-state index in [-0.39, 0.29) is 0 Å². The van der Waals surface area contributed by atoms with E-state index in [1.165, 1.54) is 0 Å². The zero-order valence-corrected chi connectivity index (χ0v) is 12.5. The van der Waals surface area contributed by atoms with E-state index >= 15 is 0 Å². The van der Waals surface area contributed by atoms with Gasteiger partial charge < -0.3 is 5.11 Å². The van der Waals surface area contributed by atoms with Gasteiger partial charge in [-0.1, -0.05) is 18.2 Å². The smallest absolute Gasteiger partial charge is 0.0846 e. The van der Waals surface area contributed by atoms with Gasteiger partial charge in [0.15, 0.2) is 0 Å². The summed E-state index contributed by atoms with van der Waals surface area (Å²) in [7, 11) is 1.93. The number of hydrogen-bond donors (Lipinski definition) is 1. The highest BCUT2D eigenvalue weighted by Gasteiger charge is 2.16. The Labute approximate surface area is 124 Å². The molecule has 0 fully saturated rings. The third kappa shape index (κ3) is 2.54. The van der Waals surface area contributed by atoms with E-state index in [2.05, 4.69) is 10.1 Å². The average molecular weight is 281 g/mol. The minimum Gasteiger partial charge on any atom is -0.388 e. The van der Waals surface area contributed by atoms with Gasteiger partial charge in [-0.05, 0) is 37.1 Å². The van der Waals surface area contributed by atoms with Gasteiger partial charge in [0, 0.05) is 30.7 Å². The molecule has 0 saturated heterocycles. The highest BCUT2D eigenvalue weighted by atomic mass is 16.3. The molecular weight excluding hydrogens is 262 g/mol. The summed E-state index contributed by atoms with van der Waals surface area (Å²) in [6, 6.07) is 9.94. The van der Waals surface area contributed by atoms with E-state index in [4.69, 9.17) is 0 Å². The lowest BCUT2D eigenvalue weighted by molar-refractivity contribution is 0.178. The summed E-state index contributed by atoms with van der Waals surface area (Å²) >= 11 is 0. The van der Waals surface area contributed by atoms with Crippen LogP contribution in [0.5, 0.6) is 0 Å². The lowest BCUT2D eigenvalue weighted by Gasteiger charge is -2.12. The van der Waals surface area contributed by atoms with Crippen LogP contribution < -0.4 is 0 Å². The Morgan fingerprint density at radius 1 is 1.24 bits per heavy atom. The van der Waals surface area contributed by atoms with Crippen molar-refractivity contribution in [2.45, 2.75) is 26.4 Å². The van der Waals surface area contributed by atoms with Crippen molar-refractivity contribution in [2.24, 2.45) is 7.05 Å². The quantitative estimate of drug-likeness (QED) is 0.803. The van der Waals surface area contributed by atoms with Crippen molar-refractivity contribution >= 4 is 10.9 Å². The summed E-state index contributed by atoms with van der Waals surface area (Å²) in [6.07, 6.45) is 1.75. The SMILES string of the molecule is Cc1nn(C)c(C)c1CC(O)c1cnc2ccccc2c1. The van der Waals surface area contributed by atoms with Crippen molar-refractivity contribution in [3.05, 3.63) is 59.0 Å². The second-order valence-electron chi connectivity index (χ2n) is 5.45. The van der Waals surface area contributed by atoms with Crippen LogP contribution in [0.3, 0.4) is 0 Å². The van der Waals surface area contributed by atoms with Gasteiger partial charge >= 0.3 is 0 Å². The molecule has 0 spiro atoms. The van der Waals surface area contributed by atoms with Gasteiger partial charge in [0.05, 0.1) is 17.3 Å². The molecule has 0 aliphatic carbocycles. The van der Waals surface area contributed by atoms with Crippen molar-refractivity contribution in [1.29, 1.82) is 0 Å². The number of nitrogens with zero attached hydrogens (tertiary/aromatic N) is 3. The molecule has 1 N–H and O–H groups in total. The van der Waals surface area contributed by atoms with Gasteiger partial charge in [0.1, 0.15) is 0 Å². The molecule has 0 saturated carbocycles. The molecule has 21 heavy (non-hydrogen) atoms. The fourth-order valence-electron chi connectivity index (χ4n) is 2.69. The predicted octanol–water partition coefficient (Wildman–Crippen LogP) is 2.86. The third-order valence-corrected chi connectivity index (χ3v) is 4.05. The Bertz CT molecular complexity index is 792. The number of rotatable bonds is 3. The first-order chi connectivity index (χ1) is 10.1. The standard InChI is InChI=1S/C17H19N3O/c1-11-15(12(2)20(3)19-11)9-17(21)14-8-13-6-4-5-7-16(13)18-10-14/h4-8,10,17,21H,9H2,1-3H3. The van der Waals surface area contributed by atoms with E-state index in [1.54, 1.807) is 6.20 Å². The first kappa shape index (κ1) is 13.8. The Morgan fingerprint density at radius 2 is 2.00 bits per heavy atom. The van der Waals surface area contributed by atoms with E-state index in [0.717, 1.165) is 33.4 Å². The minimum atomic E-state index is -0.566. The normalized spacial score (nSPS) is 12.8. The van der Waals surface area contributed by atoms with Gasteiger partial charge in [0.2, 0.25) is 0 Å². The monoisotopic (exact) mass is 281 g/mol. The molecule has 0 aliphatic rings. The number of para-hydroxylation sites is 1. The highest BCUT2D eigenvalue weighted by molar-refractivity contribution is 5.78. The second-order valence-corrected chi connectivity index (χ2v) is 5.45. The number of pyridine rings is 1. The first-order valence-electron chi connectivity index (χ1n) is 7.08. The number of hydrogen-bond acceptors (Lipinski definition) is 3. The Morgan fingerprint density at radius 3 is 2.71 bits per heavy atom. The molecule has 1 aromatic carbocycles. The topological polar surface area (TPSA) is 50.9 Å². The van der Waals surface area contributed by atoms with Crippen LogP contribution in [0.15, 0.2) is 36.5 Å².